The molecule has 1 aliphatic carbocycles. The molecule has 22 heavy (non-hydrogen) atoms. The van der Waals surface area contributed by atoms with Crippen LogP contribution in [0.5, 0.6) is 0 Å². The van der Waals surface area contributed by atoms with Crippen molar-refractivity contribution in [2.45, 2.75) is 6.42 Å². The monoisotopic (exact) mass is 295 g/mol. The lowest BCUT2D eigenvalue weighted by Crippen LogP contribution is -2.25. The molecule has 2 aromatic carbocycles. The van der Waals surface area contributed by atoms with Crippen molar-refractivity contribution < 1.29 is 9.59 Å². The lowest BCUT2D eigenvalue weighted by Gasteiger charge is -2.24. The molecule has 0 heterocycles. The van der Waals surface area contributed by atoms with Crippen LogP contribution in [-0.2, 0) is 6.42 Å². The first kappa shape index (κ1) is 14.3. The molecular formula is C17H17N3O2. The molecule has 0 atom stereocenters. The molecule has 0 saturated heterocycles. The molecule has 0 fully saturated rings. The number of carbonyl (C=O) groups is 2. The van der Waals surface area contributed by atoms with E-state index in [-0.39, 0.29) is 11.6 Å². The number of ketones is 2. The molecular weight excluding hydrogens is 278 g/mol. The maximum atomic E-state index is 12.9. The van der Waals surface area contributed by atoms with Crippen molar-refractivity contribution in [2.75, 3.05) is 24.6 Å². The third-order valence-corrected chi connectivity index (χ3v) is 4.00. The first-order valence-corrected chi connectivity index (χ1v) is 7.11. The van der Waals surface area contributed by atoms with Crippen LogP contribution in [0.3, 0.4) is 0 Å². The lowest BCUT2D eigenvalue weighted by atomic mass is 9.79. The summed E-state index contributed by atoms with van der Waals surface area (Å²) >= 11 is 0. The van der Waals surface area contributed by atoms with Crippen molar-refractivity contribution in [2.24, 2.45) is 5.73 Å². The molecule has 0 saturated carbocycles. The molecule has 0 spiro atoms. The molecule has 5 nitrogen and oxygen atoms in total. The van der Waals surface area contributed by atoms with Gasteiger partial charge >= 0.3 is 0 Å². The van der Waals surface area contributed by atoms with Gasteiger partial charge < -0.3 is 16.8 Å². The van der Waals surface area contributed by atoms with E-state index in [2.05, 4.69) is 5.32 Å². The minimum Gasteiger partial charge on any atom is -0.398 e. The summed E-state index contributed by atoms with van der Waals surface area (Å²) in [5, 5.41) is 2.96. The molecule has 1 aliphatic rings. The highest BCUT2D eigenvalue weighted by Crippen LogP contribution is 2.37. The number of nitrogens with two attached hydrogens (primary N) is 2. The Labute approximate surface area is 128 Å². The Morgan fingerprint density at radius 1 is 1.05 bits per heavy atom. The minimum absolute atomic E-state index is 0.159. The number of rotatable bonds is 3. The molecule has 0 amide bonds. The van der Waals surface area contributed by atoms with E-state index in [4.69, 9.17) is 11.5 Å². The number of fused-ring (bicyclic) bond motifs is 2. The second-order valence-electron chi connectivity index (χ2n) is 5.23. The van der Waals surface area contributed by atoms with Gasteiger partial charge in [-0.1, -0.05) is 24.3 Å². The fourth-order valence-corrected chi connectivity index (χ4v) is 2.99. The summed E-state index contributed by atoms with van der Waals surface area (Å²) in [5.74, 6) is -0.328. The van der Waals surface area contributed by atoms with Crippen LogP contribution in [0.1, 0.15) is 37.4 Å². The highest BCUT2D eigenvalue weighted by molar-refractivity contribution is 6.31. The average molecular weight is 295 g/mol. The van der Waals surface area contributed by atoms with Crippen LogP contribution in [0.15, 0.2) is 30.3 Å². The van der Waals surface area contributed by atoms with Gasteiger partial charge in [0.1, 0.15) is 0 Å². The second-order valence-corrected chi connectivity index (χ2v) is 5.23. The molecule has 0 radical (unpaired) electrons. The predicted molar refractivity (Wildman–Crippen MR) is 86.5 cm³/mol. The molecule has 2 aromatic rings. The van der Waals surface area contributed by atoms with Gasteiger partial charge in [0.15, 0.2) is 11.6 Å². The van der Waals surface area contributed by atoms with Crippen LogP contribution >= 0.6 is 0 Å². The number of hydrogen-bond donors (Lipinski definition) is 3. The molecule has 0 bridgehead atoms. The summed E-state index contributed by atoms with van der Waals surface area (Å²) in [6.07, 6.45) is 0.458. The van der Waals surface area contributed by atoms with Crippen LogP contribution < -0.4 is 16.8 Å². The van der Waals surface area contributed by atoms with Gasteiger partial charge in [-0.2, -0.15) is 0 Å². The number of hydrogen-bond acceptors (Lipinski definition) is 5. The number of nitrogen functional groups attached to an aromatic ring is 1. The number of carbonyl (C=O) groups excluding carboxylic acids is 2. The van der Waals surface area contributed by atoms with Crippen LogP contribution in [0, 0.1) is 0 Å². The van der Waals surface area contributed by atoms with E-state index in [1.54, 1.807) is 37.4 Å². The van der Waals surface area contributed by atoms with Crippen molar-refractivity contribution >= 4 is 22.9 Å². The first-order chi connectivity index (χ1) is 10.6. The van der Waals surface area contributed by atoms with Crippen molar-refractivity contribution in [3.05, 3.63) is 58.1 Å². The average Bonchev–Trinajstić information content (AvgIpc) is 2.54. The smallest absolute Gasteiger partial charge is 0.196 e. The van der Waals surface area contributed by atoms with E-state index in [1.807, 2.05) is 0 Å². The van der Waals surface area contributed by atoms with E-state index in [1.165, 1.54) is 0 Å². The van der Waals surface area contributed by atoms with Crippen molar-refractivity contribution in [3.8, 4) is 0 Å². The number of anilines is 2. The van der Waals surface area contributed by atoms with Gasteiger partial charge in [0, 0.05) is 35.1 Å². The van der Waals surface area contributed by atoms with Gasteiger partial charge in [-0.25, -0.2) is 0 Å². The van der Waals surface area contributed by atoms with Crippen molar-refractivity contribution in [3.63, 3.8) is 0 Å². The van der Waals surface area contributed by atoms with Crippen LogP contribution in [0.25, 0.3) is 0 Å². The van der Waals surface area contributed by atoms with E-state index >= 15 is 0 Å². The van der Waals surface area contributed by atoms with Gasteiger partial charge in [0.05, 0.1) is 5.56 Å². The summed E-state index contributed by atoms with van der Waals surface area (Å²) in [7, 11) is 1.70. The normalized spacial score (nSPS) is 12.8. The second kappa shape index (κ2) is 5.27. The van der Waals surface area contributed by atoms with E-state index in [0.29, 0.717) is 52.2 Å². The highest BCUT2D eigenvalue weighted by Gasteiger charge is 2.34. The van der Waals surface area contributed by atoms with Gasteiger partial charge in [-0.05, 0) is 24.6 Å². The molecule has 5 N–H and O–H groups in total. The fraction of sp³-hybridized carbons (Fsp3) is 0.176. The number of nitrogens with one attached hydrogen (secondary N) is 1. The van der Waals surface area contributed by atoms with Crippen molar-refractivity contribution in [1.29, 1.82) is 0 Å². The summed E-state index contributed by atoms with van der Waals surface area (Å²) in [6.45, 7) is 0.360. The summed E-state index contributed by atoms with van der Waals surface area (Å²) in [6, 6.07) is 8.56. The Bertz CT molecular complexity index is 797. The largest absolute Gasteiger partial charge is 0.398 e. The topological polar surface area (TPSA) is 98.2 Å². The Hall–Kier alpha value is -2.66. The van der Waals surface area contributed by atoms with E-state index < -0.39 is 0 Å². The molecule has 0 aromatic heterocycles. The van der Waals surface area contributed by atoms with E-state index in [9.17, 15) is 9.59 Å². The Morgan fingerprint density at radius 3 is 2.18 bits per heavy atom. The molecule has 0 unspecified atom stereocenters. The minimum atomic E-state index is -0.169. The zero-order valence-corrected chi connectivity index (χ0v) is 12.3. The molecule has 0 aliphatic heterocycles. The molecule has 112 valence electrons. The third kappa shape index (κ3) is 1.90. The Kier molecular flexibility index (Phi) is 3.42. The first-order valence-electron chi connectivity index (χ1n) is 7.11. The highest BCUT2D eigenvalue weighted by atomic mass is 16.1. The molecule has 5 heteroatoms. The summed E-state index contributed by atoms with van der Waals surface area (Å²) in [5.41, 5.74) is 15.1. The zero-order valence-electron chi connectivity index (χ0n) is 12.3. The summed E-state index contributed by atoms with van der Waals surface area (Å²) < 4.78 is 0. The predicted octanol–water partition coefficient (Wildman–Crippen LogP) is 1.59. The molecule has 3 rings (SSSR count). The maximum absolute atomic E-state index is 12.9. The Morgan fingerprint density at radius 2 is 1.64 bits per heavy atom. The van der Waals surface area contributed by atoms with Gasteiger partial charge in [-0.3, -0.25) is 9.59 Å². The van der Waals surface area contributed by atoms with Crippen LogP contribution in [0.2, 0.25) is 0 Å². The van der Waals surface area contributed by atoms with Crippen LogP contribution in [0.4, 0.5) is 11.4 Å². The maximum Gasteiger partial charge on any atom is 0.196 e. The van der Waals surface area contributed by atoms with E-state index in [0.717, 1.165) is 0 Å². The standard InChI is InChI=1S/C17H17N3O2/c1-20-13-8-12(19)11(6-7-18)14-15(13)17(22)10-5-3-2-4-9(10)16(14)21/h2-5,8,20H,6-7,18-19H2,1H3. The van der Waals surface area contributed by atoms with Gasteiger partial charge in [0.2, 0.25) is 0 Å². The van der Waals surface area contributed by atoms with Crippen LogP contribution in [-0.4, -0.2) is 25.2 Å². The SMILES string of the molecule is CNc1cc(N)c(CCN)c2c1C(=O)c1ccccc1C2=O. The van der Waals surface area contributed by atoms with Gasteiger partial charge in [-0.15, -0.1) is 0 Å². The van der Waals surface area contributed by atoms with Gasteiger partial charge in [0.25, 0.3) is 0 Å². The lowest BCUT2D eigenvalue weighted by molar-refractivity contribution is 0.0979. The Balaban J connectivity index is 2.37. The fourth-order valence-electron chi connectivity index (χ4n) is 2.99. The van der Waals surface area contributed by atoms with Crippen molar-refractivity contribution in [1.82, 2.24) is 0 Å². The quantitative estimate of drug-likeness (QED) is 0.637. The number of benzene rings is 2. The summed E-state index contributed by atoms with van der Waals surface area (Å²) in [4.78, 5) is 25.7. The zero-order chi connectivity index (χ0) is 15.9. The third-order valence-electron chi connectivity index (χ3n) is 4.00.